The number of amides is 1. The number of benzene rings is 1. The van der Waals surface area contributed by atoms with E-state index in [0.29, 0.717) is 24.9 Å². The third kappa shape index (κ3) is 4.05. The van der Waals surface area contributed by atoms with Crippen molar-refractivity contribution in [3.8, 4) is 0 Å². The lowest BCUT2D eigenvalue weighted by Gasteiger charge is -2.19. The van der Waals surface area contributed by atoms with Gasteiger partial charge in [0.15, 0.2) is 9.84 Å². The summed E-state index contributed by atoms with van der Waals surface area (Å²) in [4.78, 5) is 12.0. The van der Waals surface area contributed by atoms with Gasteiger partial charge >= 0.3 is 0 Å². The van der Waals surface area contributed by atoms with Crippen molar-refractivity contribution in [2.45, 2.75) is 24.6 Å². The number of carbonyl (C=O) groups is 1. The van der Waals surface area contributed by atoms with Gasteiger partial charge in [-0.25, -0.2) is 12.8 Å². The largest absolute Gasteiger partial charge is 0.323 e. The van der Waals surface area contributed by atoms with E-state index in [9.17, 15) is 17.6 Å². The molecule has 1 atom stereocenters. The minimum atomic E-state index is -2.94. The Balaban J connectivity index is 1.58. The van der Waals surface area contributed by atoms with Crippen LogP contribution in [0.15, 0.2) is 12.1 Å². The Hall–Kier alpha value is -1.12. The molecule has 0 bridgehead atoms. The second-order valence-electron chi connectivity index (χ2n) is 5.88. The highest BCUT2D eigenvalue weighted by Gasteiger charge is 2.28. The summed E-state index contributed by atoms with van der Waals surface area (Å²) in [7, 11) is -2.94. The number of carbonyl (C=O) groups excluding carboxylic acids is 1. The van der Waals surface area contributed by atoms with Gasteiger partial charge in [0.2, 0.25) is 5.91 Å². The average Bonchev–Trinajstić information content (AvgIpc) is 2.88. The molecule has 2 N–H and O–H groups in total. The minimum Gasteiger partial charge on any atom is -0.323 e. The number of halogens is 1. The van der Waals surface area contributed by atoms with Crippen LogP contribution in [0.4, 0.5) is 10.1 Å². The van der Waals surface area contributed by atoms with Crippen LogP contribution in [-0.4, -0.2) is 43.4 Å². The second-order valence-corrected chi connectivity index (χ2v) is 9.39. The maximum Gasteiger partial charge on any atom is 0.234 e. The standard InChI is InChI=1S/C15H19FN2O3S2/c16-15-12-3-5-17-7-10(12)1-2-13(15)18-14(19)8-22-11-4-6-23(20,21)9-11/h1-2,11,17H,3-9H2,(H,18,19). The third-order valence-corrected chi connectivity index (χ3v) is 7.40. The Bertz CT molecular complexity index is 722. The fraction of sp³-hybridized carbons (Fsp3) is 0.533. The molecule has 0 saturated carbocycles. The quantitative estimate of drug-likeness (QED) is 0.849. The fourth-order valence-corrected chi connectivity index (χ4v) is 6.35. The minimum absolute atomic E-state index is 0.0368. The molecule has 0 aromatic heterocycles. The molecular weight excluding hydrogens is 339 g/mol. The molecule has 2 aliphatic rings. The highest BCUT2D eigenvalue weighted by atomic mass is 32.2. The van der Waals surface area contributed by atoms with Gasteiger partial charge < -0.3 is 10.6 Å². The molecule has 1 aromatic rings. The molecule has 3 rings (SSSR count). The first-order valence-corrected chi connectivity index (χ1v) is 10.4. The maximum atomic E-state index is 14.4. The lowest BCUT2D eigenvalue weighted by molar-refractivity contribution is -0.113. The molecule has 1 aromatic carbocycles. The molecule has 23 heavy (non-hydrogen) atoms. The summed E-state index contributed by atoms with van der Waals surface area (Å²) in [5, 5.41) is 5.74. The Morgan fingerprint density at radius 3 is 3.00 bits per heavy atom. The third-order valence-electron chi connectivity index (χ3n) is 4.12. The van der Waals surface area contributed by atoms with Gasteiger partial charge in [0.05, 0.1) is 22.9 Å². The zero-order valence-corrected chi connectivity index (χ0v) is 14.2. The van der Waals surface area contributed by atoms with Gasteiger partial charge in [-0.1, -0.05) is 6.07 Å². The second kappa shape index (κ2) is 6.78. The molecule has 2 heterocycles. The summed E-state index contributed by atoms with van der Waals surface area (Å²) < 4.78 is 37.2. The van der Waals surface area contributed by atoms with Crippen molar-refractivity contribution in [2.75, 3.05) is 29.1 Å². The van der Waals surface area contributed by atoms with Crippen LogP contribution in [0.1, 0.15) is 17.5 Å². The molecule has 0 aliphatic carbocycles. The van der Waals surface area contributed by atoms with Crippen molar-refractivity contribution in [2.24, 2.45) is 0 Å². The van der Waals surface area contributed by atoms with Gasteiger partial charge in [0, 0.05) is 11.8 Å². The summed E-state index contributed by atoms with van der Waals surface area (Å²) in [6, 6.07) is 3.42. The van der Waals surface area contributed by atoms with Crippen LogP contribution in [0, 0.1) is 5.82 Å². The maximum absolute atomic E-state index is 14.4. The van der Waals surface area contributed by atoms with E-state index in [-0.39, 0.29) is 39.9 Å². The Kier molecular flexibility index (Phi) is 4.93. The molecule has 0 radical (unpaired) electrons. The Morgan fingerprint density at radius 2 is 2.26 bits per heavy atom. The van der Waals surface area contributed by atoms with Crippen LogP contribution in [0.2, 0.25) is 0 Å². The van der Waals surface area contributed by atoms with Gasteiger partial charge in [-0.2, -0.15) is 0 Å². The zero-order chi connectivity index (χ0) is 16.4. The fourth-order valence-electron chi connectivity index (χ4n) is 2.90. The molecular formula is C15H19FN2O3S2. The summed E-state index contributed by atoms with van der Waals surface area (Å²) in [6.07, 6.45) is 1.19. The lowest BCUT2D eigenvalue weighted by Crippen LogP contribution is -2.25. The topological polar surface area (TPSA) is 75.3 Å². The van der Waals surface area contributed by atoms with Crippen LogP contribution in [0.3, 0.4) is 0 Å². The molecule has 2 aliphatic heterocycles. The van der Waals surface area contributed by atoms with Crippen molar-refractivity contribution in [1.29, 1.82) is 0 Å². The SMILES string of the molecule is O=C(CSC1CCS(=O)(=O)C1)Nc1ccc2c(c1F)CCNC2. The van der Waals surface area contributed by atoms with Crippen LogP contribution in [0.5, 0.6) is 0 Å². The molecule has 0 spiro atoms. The van der Waals surface area contributed by atoms with E-state index < -0.39 is 9.84 Å². The van der Waals surface area contributed by atoms with E-state index in [4.69, 9.17) is 0 Å². The molecule has 1 amide bonds. The number of sulfone groups is 1. The molecule has 1 fully saturated rings. The highest BCUT2D eigenvalue weighted by Crippen LogP contribution is 2.26. The number of hydrogen-bond acceptors (Lipinski definition) is 5. The van der Waals surface area contributed by atoms with Crippen LogP contribution < -0.4 is 10.6 Å². The van der Waals surface area contributed by atoms with Crippen molar-refractivity contribution in [3.63, 3.8) is 0 Å². The summed E-state index contributed by atoms with van der Waals surface area (Å²) in [5.74, 6) is -0.193. The van der Waals surface area contributed by atoms with Crippen molar-refractivity contribution < 1.29 is 17.6 Å². The molecule has 1 unspecified atom stereocenters. The summed E-state index contributed by atoms with van der Waals surface area (Å²) >= 11 is 1.32. The molecule has 1 saturated heterocycles. The normalized spacial score (nSPS) is 22.6. The highest BCUT2D eigenvalue weighted by molar-refractivity contribution is 8.02. The molecule has 8 heteroatoms. The van der Waals surface area contributed by atoms with Gasteiger partial charge in [0.25, 0.3) is 0 Å². The van der Waals surface area contributed by atoms with E-state index in [0.717, 1.165) is 12.1 Å². The number of thioether (sulfide) groups is 1. The zero-order valence-electron chi connectivity index (χ0n) is 12.6. The van der Waals surface area contributed by atoms with Crippen molar-refractivity contribution >= 4 is 33.2 Å². The van der Waals surface area contributed by atoms with E-state index in [1.165, 1.54) is 11.8 Å². The van der Waals surface area contributed by atoms with Gasteiger partial charge in [-0.05, 0) is 36.6 Å². The monoisotopic (exact) mass is 358 g/mol. The number of anilines is 1. The van der Waals surface area contributed by atoms with Crippen LogP contribution >= 0.6 is 11.8 Å². The van der Waals surface area contributed by atoms with E-state index in [1.54, 1.807) is 6.07 Å². The Morgan fingerprint density at radius 1 is 1.43 bits per heavy atom. The summed E-state index contributed by atoms with van der Waals surface area (Å²) in [6.45, 7) is 1.37. The van der Waals surface area contributed by atoms with E-state index in [2.05, 4.69) is 10.6 Å². The van der Waals surface area contributed by atoms with E-state index in [1.807, 2.05) is 6.07 Å². The van der Waals surface area contributed by atoms with Gasteiger partial charge in [-0.3, -0.25) is 4.79 Å². The van der Waals surface area contributed by atoms with Gasteiger partial charge in [-0.15, -0.1) is 11.8 Å². The van der Waals surface area contributed by atoms with Crippen LogP contribution in [0.25, 0.3) is 0 Å². The van der Waals surface area contributed by atoms with Crippen molar-refractivity contribution in [1.82, 2.24) is 5.32 Å². The van der Waals surface area contributed by atoms with Crippen molar-refractivity contribution in [3.05, 3.63) is 29.1 Å². The van der Waals surface area contributed by atoms with Gasteiger partial charge in [0.1, 0.15) is 5.82 Å². The first-order chi connectivity index (χ1) is 10.9. The molecule has 5 nitrogen and oxygen atoms in total. The predicted octanol–water partition coefficient (Wildman–Crippen LogP) is 1.33. The number of rotatable bonds is 4. The molecule has 126 valence electrons. The van der Waals surface area contributed by atoms with Crippen LogP contribution in [-0.2, 0) is 27.6 Å². The predicted molar refractivity (Wildman–Crippen MR) is 90.0 cm³/mol. The first kappa shape index (κ1) is 16.7. The lowest BCUT2D eigenvalue weighted by atomic mass is 9.99. The first-order valence-electron chi connectivity index (χ1n) is 7.57. The number of hydrogen-bond donors (Lipinski definition) is 2. The number of nitrogens with one attached hydrogen (secondary N) is 2. The summed E-state index contributed by atoms with van der Waals surface area (Å²) in [5.41, 5.74) is 1.80. The Labute approximate surface area is 139 Å². The smallest absolute Gasteiger partial charge is 0.234 e. The average molecular weight is 358 g/mol. The number of fused-ring (bicyclic) bond motifs is 1. The van der Waals surface area contributed by atoms with E-state index >= 15 is 0 Å².